The number of benzene rings is 2. The highest BCUT2D eigenvalue weighted by molar-refractivity contribution is 5.39. The van der Waals surface area contributed by atoms with Gasteiger partial charge in [-0.3, -0.25) is 0 Å². The van der Waals surface area contributed by atoms with E-state index in [1.807, 2.05) is 18.2 Å². The predicted molar refractivity (Wildman–Crippen MR) is 73.5 cm³/mol. The molecule has 0 unspecified atom stereocenters. The van der Waals surface area contributed by atoms with Crippen molar-refractivity contribution < 1.29 is 9.47 Å². The van der Waals surface area contributed by atoms with Crippen molar-refractivity contribution in [2.24, 2.45) is 0 Å². The molecule has 2 rings (SSSR count). The van der Waals surface area contributed by atoms with Gasteiger partial charge in [0.25, 0.3) is 0 Å². The van der Waals surface area contributed by atoms with E-state index in [4.69, 9.17) is 9.47 Å². The van der Waals surface area contributed by atoms with Gasteiger partial charge >= 0.3 is 0 Å². The zero-order valence-electron chi connectivity index (χ0n) is 11.1. The molecule has 0 N–H and O–H groups in total. The van der Waals surface area contributed by atoms with Gasteiger partial charge in [0.2, 0.25) is 0 Å². The monoisotopic (exact) mass is 242 g/mol. The normalized spacial score (nSPS) is 10.2. The summed E-state index contributed by atoms with van der Waals surface area (Å²) in [6.07, 6.45) is 0.905. The van der Waals surface area contributed by atoms with Gasteiger partial charge in [-0.1, -0.05) is 24.3 Å². The number of methoxy groups -OCH3 is 2. The first-order chi connectivity index (χ1) is 8.72. The smallest absolute Gasteiger partial charge is 0.121 e. The zero-order chi connectivity index (χ0) is 13.0. The molecule has 0 heterocycles. The van der Waals surface area contributed by atoms with Gasteiger partial charge in [-0.25, -0.2) is 0 Å². The first kappa shape index (κ1) is 12.5. The molecule has 2 heteroatoms. The van der Waals surface area contributed by atoms with E-state index in [1.165, 1.54) is 11.1 Å². The van der Waals surface area contributed by atoms with Crippen molar-refractivity contribution in [3.05, 3.63) is 59.2 Å². The Morgan fingerprint density at radius 3 is 2.33 bits per heavy atom. The van der Waals surface area contributed by atoms with E-state index >= 15 is 0 Å². The minimum Gasteiger partial charge on any atom is -0.497 e. The van der Waals surface area contributed by atoms with Crippen LogP contribution in [0.2, 0.25) is 0 Å². The van der Waals surface area contributed by atoms with Crippen LogP contribution in [0.25, 0.3) is 0 Å². The Bertz CT molecular complexity index is 532. The molecule has 0 amide bonds. The van der Waals surface area contributed by atoms with Crippen LogP contribution in [-0.4, -0.2) is 14.2 Å². The Morgan fingerprint density at radius 2 is 1.67 bits per heavy atom. The van der Waals surface area contributed by atoms with Crippen LogP contribution in [0.1, 0.15) is 16.7 Å². The van der Waals surface area contributed by atoms with Gasteiger partial charge in [0.05, 0.1) is 14.2 Å². The molecule has 0 saturated carbocycles. The van der Waals surface area contributed by atoms with E-state index in [2.05, 4.69) is 31.2 Å². The molecule has 0 aliphatic carbocycles. The predicted octanol–water partition coefficient (Wildman–Crippen LogP) is 3.60. The standard InChI is InChI=1S/C16H18O2/c1-12-9-14(7-8-16(12)18-3)10-13-5-4-6-15(11-13)17-2/h4-9,11H,10H2,1-3H3. The lowest BCUT2D eigenvalue weighted by Crippen LogP contribution is -1.92. The maximum atomic E-state index is 5.27. The van der Waals surface area contributed by atoms with E-state index in [1.54, 1.807) is 14.2 Å². The fourth-order valence-corrected chi connectivity index (χ4v) is 2.07. The van der Waals surface area contributed by atoms with E-state index in [9.17, 15) is 0 Å². The van der Waals surface area contributed by atoms with Gasteiger partial charge in [0.1, 0.15) is 11.5 Å². The highest BCUT2D eigenvalue weighted by Crippen LogP contribution is 2.21. The van der Waals surface area contributed by atoms with Crippen molar-refractivity contribution in [3.8, 4) is 11.5 Å². The first-order valence-electron chi connectivity index (χ1n) is 5.99. The van der Waals surface area contributed by atoms with Crippen LogP contribution >= 0.6 is 0 Å². The molecule has 94 valence electrons. The third kappa shape index (κ3) is 2.83. The van der Waals surface area contributed by atoms with Crippen molar-refractivity contribution in [2.45, 2.75) is 13.3 Å². The second kappa shape index (κ2) is 5.58. The first-order valence-corrected chi connectivity index (χ1v) is 5.99. The lowest BCUT2D eigenvalue weighted by molar-refractivity contribution is 0.411. The van der Waals surface area contributed by atoms with E-state index in [0.29, 0.717) is 0 Å². The van der Waals surface area contributed by atoms with Gasteiger partial charge in [-0.05, 0) is 48.2 Å². The van der Waals surface area contributed by atoms with Crippen molar-refractivity contribution in [1.82, 2.24) is 0 Å². The lowest BCUT2D eigenvalue weighted by Gasteiger charge is -2.08. The average Bonchev–Trinajstić information content (AvgIpc) is 2.39. The van der Waals surface area contributed by atoms with Crippen molar-refractivity contribution in [3.63, 3.8) is 0 Å². The zero-order valence-corrected chi connectivity index (χ0v) is 11.1. The van der Waals surface area contributed by atoms with Gasteiger partial charge in [0.15, 0.2) is 0 Å². The second-order valence-corrected chi connectivity index (χ2v) is 4.33. The Labute approximate surface area is 108 Å². The highest BCUT2D eigenvalue weighted by atomic mass is 16.5. The molecular weight excluding hydrogens is 224 g/mol. The summed E-state index contributed by atoms with van der Waals surface area (Å²) < 4.78 is 10.5. The molecule has 2 aromatic rings. The summed E-state index contributed by atoms with van der Waals surface area (Å²) in [7, 11) is 3.39. The lowest BCUT2D eigenvalue weighted by atomic mass is 10.0. The fourth-order valence-electron chi connectivity index (χ4n) is 2.07. The molecular formula is C16H18O2. The molecule has 2 nitrogen and oxygen atoms in total. The molecule has 0 spiro atoms. The van der Waals surface area contributed by atoms with Crippen LogP contribution in [-0.2, 0) is 6.42 Å². The summed E-state index contributed by atoms with van der Waals surface area (Å²) in [4.78, 5) is 0. The SMILES string of the molecule is COc1cccc(Cc2ccc(OC)c(C)c2)c1. The number of hydrogen-bond donors (Lipinski definition) is 0. The Hall–Kier alpha value is -1.96. The molecule has 0 radical (unpaired) electrons. The van der Waals surface area contributed by atoms with Crippen LogP contribution < -0.4 is 9.47 Å². The molecule has 0 aliphatic rings. The van der Waals surface area contributed by atoms with E-state index < -0.39 is 0 Å². The molecule has 0 aromatic heterocycles. The Kier molecular flexibility index (Phi) is 3.88. The number of aryl methyl sites for hydroxylation is 1. The van der Waals surface area contributed by atoms with Crippen molar-refractivity contribution in [1.29, 1.82) is 0 Å². The van der Waals surface area contributed by atoms with Gasteiger partial charge in [0, 0.05) is 0 Å². The number of hydrogen-bond acceptors (Lipinski definition) is 2. The van der Waals surface area contributed by atoms with Crippen molar-refractivity contribution >= 4 is 0 Å². The van der Waals surface area contributed by atoms with Crippen LogP contribution in [0.4, 0.5) is 0 Å². The molecule has 2 aromatic carbocycles. The maximum absolute atomic E-state index is 5.27. The third-order valence-electron chi connectivity index (χ3n) is 3.00. The minimum absolute atomic E-state index is 0.901. The molecule has 18 heavy (non-hydrogen) atoms. The molecule has 0 atom stereocenters. The van der Waals surface area contributed by atoms with Crippen LogP contribution in [0.3, 0.4) is 0 Å². The quantitative estimate of drug-likeness (QED) is 0.815. The minimum atomic E-state index is 0.901. The topological polar surface area (TPSA) is 18.5 Å². The Morgan fingerprint density at radius 1 is 0.889 bits per heavy atom. The summed E-state index contributed by atoms with van der Waals surface area (Å²) >= 11 is 0. The summed E-state index contributed by atoms with van der Waals surface area (Å²) in [5.74, 6) is 1.84. The third-order valence-corrected chi connectivity index (χ3v) is 3.00. The van der Waals surface area contributed by atoms with Crippen LogP contribution in [0.5, 0.6) is 11.5 Å². The molecule has 0 saturated heterocycles. The van der Waals surface area contributed by atoms with E-state index in [0.717, 1.165) is 23.5 Å². The molecule has 0 bridgehead atoms. The summed E-state index contributed by atoms with van der Waals surface area (Å²) in [6, 6.07) is 14.4. The average molecular weight is 242 g/mol. The number of rotatable bonds is 4. The van der Waals surface area contributed by atoms with Crippen LogP contribution in [0.15, 0.2) is 42.5 Å². The van der Waals surface area contributed by atoms with Crippen LogP contribution in [0, 0.1) is 6.92 Å². The summed E-state index contributed by atoms with van der Waals surface area (Å²) in [6.45, 7) is 2.06. The summed E-state index contributed by atoms with van der Waals surface area (Å²) in [5, 5.41) is 0. The van der Waals surface area contributed by atoms with Crippen molar-refractivity contribution in [2.75, 3.05) is 14.2 Å². The largest absolute Gasteiger partial charge is 0.497 e. The molecule has 0 fully saturated rings. The Balaban J connectivity index is 2.20. The maximum Gasteiger partial charge on any atom is 0.121 e. The highest BCUT2D eigenvalue weighted by Gasteiger charge is 2.02. The number of ether oxygens (including phenoxy) is 2. The van der Waals surface area contributed by atoms with E-state index in [-0.39, 0.29) is 0 Å². The fraction of sp³-hybridized carbons (Fsp3) is 0.250. The van der Waals surface area contributed by atoms with Gasteiger partial charge < -0.3 is 9.47 Å². The summed E-state index contributed by atoms with van der Waals surface area (Å²) in [5.41, 5.74) is 3.69. The van der Waals surface area contributed by atoms with Gasteiger partial charge in [-0.15, -0.1) is 0 Å². The molecule has 0 aliphatic heterocycles. The van der Waals surface area contributed by atoms with Gasteiger partial charge in [-0.2, -0.15) is 0 Å². The second-order valence-electron chi connectivity index (χ2n) is 4.33.